The molecule has 0 saturated heterocycles. The van der Waals surface area contributed by atoms with Crippen molar-refractivity contribution in [2.75, 3.05) is 0 Å². The summed E-state index contributed by atoms with van der Waals surface area (Å²) in [5.74, 6) is -0.0137. The van der Waals surface area contributed by atoms with E-state index >= 15 is 0 Å². The lowest BCUT2D eigenvalue weighted by Crippen LogP contribution is -2.35. The quantitative estimate of drug-likeness (QED) is 0.668. The molecule has 2 aliphatic rings. The fraction of sp³-hybridized carbons (Fsp3) is 0.286. The Labute approximate surface area is 157 Å². The summed E-state index contributed by atoms with van der Waals surface area (Å²) in [5.41, 5.74) is 3.73. The Morgan fingerprint density at radius 1 is 1.15 bits per heavy atom. The van der Waals surface area contributed by atoms with Crippen LogP contribution in [0, 0.1) is 0 Å². The van der Waals surface area contributed by atoms with Crippen LogP contribution >= 0.6 is 0 Å². The summed E-state index contributed by atoms with van der Waals surface area (Å²) in [6, 6.07) is 10.7. The maximum atomic E-state index is 12.7. The molecule has 0 fully saturated rings. The van der Waals surface area contributed by atoms with Gasteiger partial charge in [0.1, 0.15) is 11.5 Å². The van der Waals surface area contributed by atoms with E-state index in [0.717, 1.165) is 16.7 Å². The van der Waals surface area contributed by atoms with Gasteiger partial charge in [0, 0.05) is 30.6 Å². The van der Waals surface area contributed by atoms with Gasteiger partial charge in [-0.2, -0.15) is 0 Å². The minimum absolute atomic E-state index is 0.0871. The van der Waals surface area contributed by atoms with E-state index in [2.05, 4.69) is 0 Å². The Morgan fingerprint density at radius 2 is 1.93 bits per heavy atom. The van der Waals surface area contributed by atoms with Gasteiger partial charge in [-0.05, 0) is 42.2 Å². The van der Waals surface area contributed by atoms with Crippen LogP contribution in [0.4, 0.5) is 0 Å². The van der Waals surface area contributed by atoms with Gasteiger partial charge in [-0.3, -0.25) is 14.4 Å². The number of hydrogen-bond donors (Lipinski definition) is 1. The molecule has 0 aromatic heterocycles. The molecule has 1 aliphatic carbocycles. The van der Waals surface area contributed by atoms with Crippen LogP contribution in [0.15, 0.2) is 36.4 Å². The molecule has 6 heteroatoms. The van der Waals surface area contributed by atoms with E-state index in [1.54, 1.807) is 24.3 Å². The van der Waals surface area contributed by atoms with Crippen molar-refractivity contribution >= 4 is 24.5 Å². The molecule has 1 atom stereocenters. The lowest BCUT2D eigenvalue weighted by atomic mass is 9.64. The first-order valence-electron chi connectivity index (χ1n) is 9.06. The van der Waals surface area contributed by atoms with Gasteiger partial charge >= 0.3 is 7.12 Å². The van der Waals surface area contributed by atoms with Crippen LogP contribution in [0.5, 0.6) is 5.75 Å². The molecule has 0 bridgehead atoms. The molecular formula is C21H19BO5. The molecule has 2 aromatic rings. The molecule has 27 heavy (non-hydrogen) atoms. The molecule has 0 amide bonds. The third kappa shape index (κ3) is 3.33. The van der Waals surface area contributed by atoms with E-state index in [4.69, 9.17) is 4.65 Å². The molecule has 0 unspecified atom stereocenters. The van der Waals surface area contributed by atoms with Crippen molar-refractivity contribution < 1.29 is 24.1 Å². The molecule has 1 N–H and O–H groups in total. The molecule has 5 nitrogen and oxygen atoms in total. The number of carbonyl (C=O) groups excluding carboxylic acids is 3. The van der Waals surface area contributed by atoms with Gasteiger partial charge in [0.2, 0.25) is 0 Å². The Morgan fingerprint density at radius 3 is 2.70 bits per heavy atom. The first kappa shape index (κ1) is 17.7. The number of benzene rings is 2. The normalized spacial score (nSPS) is 17.9. The second-order valence-corrected chi connectivity index (χ2v) is 7.33. The molecule has 0 spiro atoms. The molecule has 0 radical (unpaired) electrons. The Hall–Kier alpha value is -2.73. The van der Waals surface area contributed by atoms with E-state index < -0.39 is 7.12 Å². The number of Topliss-reactive ketones (excluding diaryl/α,β-unsaturated/α-hetero) is 3. The molecule has 1 aliphatic heterocycles. The van der Waals surface area contributed by atoms with Gasteiger partial charge in [0.15, 0.2) is 11.6 Å². The zero-order chi connectivity index (χ0) is 19.1. The highest BCUT2D eigenvalue weighted by Gasteiger charge is 2.37. The molecule has 1 heterocycles. The van der Waals surface area contributed by atoms with E-state index in [-0.39, 0.29) is 29.6 Å². The van der Waals surface area contributed by atoms with E-state index in [1.165, 1.54) is 6.92 Å². The number of para-hydroxylation sites is 1. The number of fused-ring (bicyclic) bond motifs is 2. The van der Waals surface area contributed by atoms with Crippen LogP contribution in [0.2, 0.25) is 5.82 Å². The minimum Gasteiger partial charge on any atom is -0.535 e. The second kappa shape index (κ2) is 6.78. The molecule has 0 saturated carbocycles. The number of ketones is 3. The fourth-order valence-electron chi connectivity index (χ4n) is 3.91. The van der Waals surface area contributed by atoms with Crippen LogP contribution in [-0.2, 0) is 24.1 Å². The number of hydrogen-bond acceptors (Lipinski definition) is 5. The van der Waals surface area contributed by atoms with Gasteiger partial charge in [0.05, 0.1) is 5.56 Å². The van der Waals surface area contributed by atoms with Crippen molar-refractivity contribution in [2.45, 2.75) is 38.4 Å². The average Bonchev–Trinajstić information content (AvgIpc) is 3.00. The molecule has 4 rings (SSSR count). The topological polar surface area (TPSA) is 80.7 Å². The highest BCUT2D eigenvalue weighted by molar-refractivity contribution is 6.47. The summed E-state index contributed by atoms with van der Waals surface area (Å²) in [4.78, 5) is 36.0. The maximum Gasteiger partial charge on any atom is 0.526 e. The van der Waals surface area contributed by atoms with Crippen molar-refractivity contribution in [1.82, 2.24) is 0 Å². The Kier molecular flexibility index (Phi) is 4.44. The lowest BCUT2D eigenvalue weighted by Gasteiger charge is -2.28. The maximum absolute atomic E-state index is 12.7. The van der Waals surface area contributed by atoms with Gasteiger partial charge in [-0.25, -0.2) is 0 Å². The summed E-state index contributed by atoms with van der Waals surface area (Å²) in [6.45, 7) is 1.46. The molecule has 136 valence electrons. The second-order valence-electron chi connectivity index (χ2n) is 7.33. The standard InChI is InChI=1S/C21H19BO5/c1-12(23)19-4-2-3-15-8-17(22(26)27-21(15)19)11-20(25)14-6-5-13-9-18(24)10-16(13)7-14/h2-7,17,26H,8-11H2,1H3/t17-/m1/s1. The van der Waals surface area contributed by atoms with Crippen LogP contribution in [0.25, 0.3) is 0 Å². The zero-order valence-corrected chi connectivity index (χ0v) is 15.0. The van der Waals surface area contributed by atoms with E-state index in [0.29, 0.717) is 36.1 Å². The van der Waals surface area contributed by atoms with Gasteiger partial charge in [0.25, 0.3) is 0 Å². The van der Waals surface area contributed by atoms with Gasteiger partial charge in [-0.15, -0.1) is 0 Å². The predicted molar refractivity (Wildman–Crippen MR) is 100 cm³/mol. The summed E-state index contributed by atoms with van der Waals surface area (Å²) < 4.78 is 5.60. The smallest absolute Gasteiger partial charge is 0.526 e. The highest BCUT2D eigenvalue weighted by atomic mass is 16.5. The fourth-order valence-corrected chi connectivity index (χ4v) is 3.91. The van der Waals surface area contributed by atoms with Gasteiger partial charge in [-0.1, -0.05) is 24.3 Å². The number of rotatable bonds is 4. The van der Waals surface area contributed by atoms with Crippen molar-refractivity contribution in [3.63, 3.8) is 0 Å². The summed E-state index contributed by atoms with van der Waals surface area (Å²) in [7, 11) is -1.14. The first-order valence-corrected chi connectivity index (χ1v) is 9.06. The summed E-state index contributed by atoms with van der Waals surface area (Å²) in [6.07, 6.45) is 1.42. The first-order chi connectivity index (χ1) is 12.9. The lowest BCUT2D eigenvalue weighted by molar-refractivity contribution is -0.117. The summed E-state index contributed by atoms with van der Waals surface area (Å²) in [5, 5.41) is 10.4. The Balaban J connectivity index is 1.53. The minimum atomic E-state index is -1.14. The van der Waals surface area contributed by atoms with Crippen molar-refractivity contribution in [2.24, 2.45) is 0 Å². The van der Waals surface area contributed by atoms with Crippen LogP contribution in [0.1, 0.15) is 50.8 Å². The van der Waals surface area contributed by atoms with Crippen LogP contribution in [-0.4, -0.2) is 29.5 Å². The van der Waals surface area contributed by atoms with E-state index in [1.807, 2.05) is 12.1 Å². The van der Waals surface area contributed by atoms with Crippen molar-refractivity contribution in [3.05, 3.63) is 64.2 Å². The monoisotopic (exact) mass is 362 g/mol. The van der Waals surface area contributed by atoms with Crippen molar-refractivity contribution in [3.8, 4) is 5.75 Å². The van der Waals surface area contributed by atoms with Crippen molar-refractivity contribution in [1.29, 1.82) is 0 Å². The molecule has 2 aromatic carbocycles. The Bertz CT molecular complexity index is 965. The van der Waals surface area contributed by atoms with Gasteiger partial charge < -0.3 is 9.68 Å². The molecular weight excluding hydrogens is 343 g/mol. The summed E-state index contributed by atoms with van der Waals surface area (Å²) >= 11 is 0. The predicted octanol–water partition coefficient (Wildman–Crippen LogP) is 2.62. The highest BCUT2D eigenvalue weighted by Crippen LogP contribution is 2.37. The third-order valence-corrected chi connectivity index (χ3v) is 5.35. The SMILES string of the molecule is CC(=O)c1cccc2c1OB(O)[C@@H](CC(=O)c1ccc3c(c1)CC(=O)C3)C2. The van der Waals surface area contributed by atoms with E-state index in [9.17, 15) is 19.4 Å². The largest absolute Gasteiger partial charge is 0.535 e. The number of carbonyl (C=O) groups is 3. The zero-order valence-electron chi connectivity index (χ0n) is 15.0. The third-order valence-electron chi connectivity index (χ3n) is 5.35. The van der Waals surface area contributed by atoms with Crippen LogP contribution in [0.3, 0.4) is 0 Å². The average molecular weight is 362 g/mol. The van der Waals surface area contributed by atoms with Crippen LogP contribution < -0.4 is 4.65 Å².